The van der Waals surface area contributed by atoms with Crippen LogP contribution in [0.1, 0.15) is 25.7 Å². The zero-order valence-corrected chi connectivity index (χ0v) is 9.21. The second kappa shape index (κ2) is 5.47. The first kappa shape index (κ1) is 10.9. The first-order chi connectivity index (χ1) is 7.36. The third-order valence-electron chi connectivity index (χ3n) is 3.17. The Labute approximate surface area is 91.0 Å². The first-order valence-corrected chi connectivity index (χ1v) is 5.95. The molecule has 2 rings (SSSR count). The number of likely N-dealkylation sites (tertiary alicyclic amines) is 1. The van der Waals surface area contributed by atoms with Crippen LogP contribution in [-0.2, 0) is 9.53 Å². The van der Waals surface area contributed by atoms with Crippen molar-refractivity contribution in [2.45, 2.75) is 31.7 Å². The maximum atomic E-state index is 11.6. The fourth-order valence-corrected chi connectivity index (χ4v) is 2.25. The van der Waals surface area contributed by atoms with E-state index >= 15 is 0 Å². The highest BCUT2D eigenvalue weighted by molar-refractivity contribution is 5.77. The quantitative estimate of drug-likeness (QED) is 0.732. The average molecular weight is 212 g/mol. The van der Waals surface area contributed by atoms with E-state index in [-0.39, 0.29) is 12.5 Å². The third kappa shape index (κ3) is 3.18. The zero-order chi connectivity index (χ0) is 10.5. The van der Waals surface area contributed by atoms with Gasteiger partial charge in [0.2, 0.25) is 5.91 Å². The van der Waals surface area contributed by atoms with Crippen molar-refractivity contribution >= 4 is 5.91 Å². The molecule has 86 valence electrons. The average Bonchev–Trinajstić information content (AvgIpc) is 2.90. The summed E-state index contributed by atoms with van der Waals surface area (Å²) in [4.78, 5) is 13.5. The molecule has 0 radical (unpaired) electrons. The van der Waals surface area contributed by atoms with E-state index in [1.165, 1.54) is 12.8 Å². The molecule has 0 aromatic carbocycles. The van der Waals surface area contributed by atoms with Gasteiger partial charge in [-0.2, -0.15) is 0 Å². The van der Waals surface area contributed by atoms with Gasteiger partial charge in [0, 0.05) is 19.1 Å². The summed E-state index contributed by atoms with van der Waals surface area (Å²) >= 11 is 0. The van der Waals surface area contributed by atoms with Gasteiger partial charge in [-0.1, -0.05) is 0 Å². The van der Waals surface area contributed by atoms with Crippen molar-refractivity contribution < 1.29 is 9.53 Å². The van der Waals surface area contributed by atoms with Crippen LogP contribution >= 0.6 is 0 Å². The van der Waals surface area contributed by atoms with Crippen LogP contribution in [0.2, 0.25) is 0 Å². The van der Waals surface area contributed by atoms with E-state index in [1.807, 2.05) is 4.90 Å². The van der Waals surface area contributed by atoms with Crippen molar-refractivity contribution in [3.63, 3.8) is 0 Å². The van der Waals surface area contributed by atoms with Crippen LogP contribution in [0.5, 0.6) is 0 Å². The molecule has 2 aliphatic heterocycles. The van der Waals surface area contributed by atoms with Gasteiger partial charge < -0.3 is 15.0 Å². The molecule has 2 heterocycles. The van der Waals surface area contributed by atoms with Gasteiger partial charge >= 0.3 is 0 Å². The van der Waals surface area contributed by atoms with Crippen molar-refractivity contribution in [2.24, 2.45) is 0 Å². The number of nitrogens with one attached hydrogen (secondary N) is 1. The predicted molar refractivity (Wildman–Crippen MR) is 57.7 cm³/mol. The van der Waals surface area contributed by atoms with Crippen LogP contribution in [0.15, 0.2) is 0 Å². The normalized spacial score (nSPS) is 26.1. The highest BCUT2D eigenvalue weighted by Gasteiger charge is 2.19. The number of rotatable bonds is 4. The van der Waals surface area contributed by atoms with Crippen LogP contribution in [-0.4, -0.2) is 49.7 Å². The number of hydrogen-bond donors (Lipinski definition) is 1. The third-order valence-corrected chi connectivity index (χ3v) is 3.17. The molecular weight excluding hydrogens is 192 g/mol. The maximum absolute atomic E-state index is 11.6. The van der Waals surface area contributed by atoms with E-state index < -0.39 is 0 Å². The lowest BCUT2D eigenvalue weighted by Crippen LogP contribution is -2.33. The molecular formula is C11H20N2O2. The molecule has 4 nitrogen and oxygen atoms in total. The van der Waals surface area contributed by atoms with Crippen molar-refractivity contribution in [3.05, 3.63) is 0 Å². The standard InChI is InChI=1S/C11H20N2O2/c14-11(13-6-1-2-7-13)9-15-8-10-4-3-5-12-10/h10,12H,1-9H2. The first-order valence-electron chi connectivity index (χ1n) is 5.95. The van der Waals surface area contributed by atoms with Crippen molar-refractivity contribution in [1.29, 1.82) is 0 Å². The molecule has 1 N–H and O–H groups in total. The molecule has 1 atom stereocenters. The Hall–Kier alpha value is -0.610. The number of carbonyl (C=O) groups is 1. The number of nitrogens with zero attached hydrogens (tertiary/aromatic N) is 1. The molecule has 0 aliphatic carbocycles. The summed E-state index contributed by atoms with van der Waals surface area (Å²) in [5.41, 5.74) is 0. The summed E-state index contributed by atoms with van der Waals surface area (Å²) in [7, 11) is 0. The Morgan fingerprint density at radius 3 is 2.80 bits per heavy atom. The summed E-state index contributed by atoms with van der Waals surface area (Å²) in [6.45, 7) is 3.87. The Balaban J connectivity index is 1.58. The number of hydrogen-bond acceptors (Lipinski definition) is 3. The highest BCUT2D eigenvalue weighted by atomic mass is 16.5. The molecule has 4 heteroatoms. The second-order valence-electron chi connectivity index (χ2n) is 4.40. The van der Waals surface area contributed by atoms with Crippen LogP contribution in [0.4, 0.5) is 0 Å². The van der Waals surface area contributed by atoms with Crippen LogP contribution < -0.4 is 5.32 Å². The SMILES string of the molecule is O=C(COCC1CCCN1)N1CCCC1. The molecule has 0 aromatic rings. The number of ether oxygens (including phenoxy) is 1. The molecule has 0 saturated carbocycles. The summed E-state index contributed by atoms with van der Waals surface area (Å²) < 4.78 is 5.44. The van der Waals surface area contributed by atoms with E-state index in [2.05, 4.69) is 5.32 Å². The summed E-state index contributed by atoms with van der Waals surface area (Å²) in [6, 6.07) is 0.469. The lowest BCUT2D eigenvalue weighted by Gasteiger charge is -2.16. The van der Waals surface area contributed by atoms with Gasteiger partial charge in [0.05, 0.1) is 6.61 Å². The molecule has 2 saturated heterocycles. The van der Waals surface area contributed by atoms with Gasteiger partial charge in [-0.15, -0.1) is 0 Å². The van der Waals surface area contributed by atoms with Crippen LogP contribution in [0.3, 0.4) is 0 Å². The minimum Gasteiger partial charge on any atom is -0.370 e. The largest absolute Gasteiger partial charge is 0.370 e. The fraction of sp³-hybridized carbons (Fsp3) is 0.909. The molecule has 0 spiro atoms. The number of amides is 1. The Morgan fingerprint density at radius 2 is 2.13 bits per heavy atom. The Bertz CT molecular complexity index is 209. The minimum atomic E-state index is 0.158. The van der Waals surface area contributed by atoms with Crippen molar-refractivity contribution in [2.75, 3.05) is 32.8 Å². The Kier molecular flexibility index (Phi) is 3.97. The lowest BCUT2D eigenvalue weighted by atomic mass is 10.2. The van der Waals surface area contributed by atoms with Gasteiger partial charge in [0.15, 0.2) is 0 Å². The van der Waals surface area contributed by atoms with Gasteiger partial charge in [0.1, 0.15) is 6.61 Å². The van der Waals surface area contributed by atoms with E-state index in [0.29, 0.717) is 12.6 Å². The summed E-state index contributed by atoms with van der Waals surface area (Å²) in [5.74, 6) is 0.158. The molecule has 1 amide bonds. The highest BCUT2D eigenvalue weighted by Crippen LogP contribution is 2.08. The summed E-state index contributed by atoms with van der Waals surface area (Å²) in [6.07, 6.45) is 4.71. The molecule has 1 unspecified atom stereocenters. The second-order valence-corrected chi connectivity index (χ2v) is 4.40. The van der Waals surface area contributed by atoms with E-state index in [4.69, 9.17) is 4.74 Å². The van der Waals surface area contributed by atoms with Crippen molar-refractivity contribution in [1.82, 2.24) is 10.2 Å². The predicted octanol–water partition coefficient (Wildman–Crippen LogP) is 0.377. The topological polar surface area (TPSA) is 41.6 Å². The monoisotopic (exact) mass is 212 g/mol. The molecule has 15 heavy (non-hydrogen) atoms. The molecule has 0 aromatic heterocycles. The minimum absolute atomic E-state index is 0.158. The van der Waals surface area contributed by atoms with Crippen LogP contribution in [0, 0.1) is 0 Å². The molecule has 2 aliphatic rings. The molecule has 0 bridgehead atoms. The van der Waals surface area contributed by atoms with Gasteiger partial charge in [0.25, 0.3) is 0 Å². The molecule has 2 fully saturated rings. The van der Waals surface area contributed by atoms with Gasteiger partial charge in [-0.05, 0) is 32.2 Å². The zero-order valence-electron chi connectivity index (χ0n) is 9.21. The van der Waals surface area contributed by atoms with E-state index in [9.17, 15) is 4.79 Å². The smallest absolute Gasteiger partial charge is 0.248 e. The van der Waals surface area contributed by atoms with E-state index in [1.54, 1.807) is 0 Å². The van der Waals surface area contributed by atoms with Gasteiger partial charge in [-0.3, -0.25) is 4.79 Å². The Morgan fingerprint density at radius 1 is 1.33 bits per heavy atom. The summed E-state index contributed by atoms with van der Waals surface area (Å²) in [5, 5.41) is 3.35. The van der Waals surface area contributed by atoms with E-state index in [0.717, 1.165) is 32.5 Å². The fourth-order valence-electron chi connectivity index (χ4n) is 2.25. The van der Waals surface area contributed by atoms with Crippen molar-refractivity contribution in [3.8, 4) is 0 Å². The van der Waals surface area contributed by atoms with Gasteiger partial charge in [-0.25, -0.2) is 0 Å². The maximum Gasteiger partial charge on any atom is 0.248 e. The van der Waals surface area contributed by atoms with Crippen LogP contribution in [0.25, 0.3) is 0 Å². The number of carbonyl (C=O) groups excluding carboxylic acids is 1. The lowest BCUT2D eigenvalue weighted by molar-refractivity contribution is -0.135.